The van der Waals surface area contributed by atoms with E-state index in [4.69, 9.17) is 9.73 Å². The number of carbonyl (C=O) groups is 3. The molecule has 0 saturated heterocycles. The number of para-hydroxylation sites is 1. The summed E-state index contributed by atoms with van der Waals surface area (Å²) in [6.07, 6.45) is 3.34. The number of aliphatic imine (C=N–C) groups is 1. The highest BCUT2D eigenvalue weighted by Crippen LogP contribution is 2.36. The molecular weight excluding hydrogens is 502 g/mol. The lowest BCUT2D eigenvalue weighted by atomic mass is 9.82. The zero-order valence-corrected chi connectivity index (χ0v) is 23.1. The molecule has 1 atom stereocenters. The second-order valence-corrected chi connectivity index (χ2v) is 10.6. The molecule has 1 N–H and O–H groups in total. The van der Waals surface area contributed by atoms with Crippen LogP contribution in [0.5, 0.6) is 0 Å². The number of amides is 2. The molecular formula is C33H35N3O4. The molecule has 40 heavy (non-hydrogen) atoms. The van der Waals surface area contributed by atoms with E-state index in [1.807, 2.05) is 80.6 Å². The van der Waals surface area contributed by atoms with E-state index in [2.05, 4.69) is 5.32 Å². The Bertz CT molecular complexity index is 1430. The number of ketones is 1. The fraction of sp³-hybridized carbons (Fsp3) is 0.333. The summed E-state index contributed by atoms with van der Waals surface area (Å²) in [7, 11) is 0. The average molecular weight is 538 g/mol. The van der Waals surface area contributed by atoms with Crippen molar-refractivity contribution in [2.75, 3.05) is 11.4 Å². The van der Waals surface area contributed by atoms with E-state index < -0.39 is 18.2 Å². The Morgan fingerprint density at radius 1 is 0.900 bits per heavy atom. The molecule has 1 saturated carbocycles. The summed E-state index contributed by atoms with van der Waals surface area (Å²) >= 11 is 0. The van der Waals surface area contributed by atoms with Gasteiger partial charge in [0.25, 0.3) is 5.91 Å². The first-order chi connectivity index (χ1) is 19.4. The molecule has 2 amide bonds. The van der Waals surface area contributed by atoms with Gasteiger partial charge in [0.1, 0.15) is 6.61 Å². The number of alkyl carbamates (subject to hydrolysis) is 1. The van der Waals surface area contributed by atoms with E-state index in [-0.39, 0.29) is 24.9 Å². The summed E-state index contributed by atoms with van der Waals surface area (Å²) in [6.45, 7) is 3.74. The van der Waals surface area contributed by atoms with Crippen LogP contribution in [0.2, 0.25) is 0 Å². The van der Waals surface area contributed by atoms with Gasteiger partial charge in [-0.25, -0.2) is 4.79 Å². The monoisotopic (exact) mass is 537 g/mol. The summed E-state index contributed by atoms with van der Waals surface area (Å²) in [6, 6.07) is 22.6. The number of benzene rings is 3. The Hall–Kier alpha value is -4.26. The zero-order chi connectivity index (χ0) is 28.1. The third-order valence-electron chi connectivity index (χ3n) is 7.76. The van der Waals surface area contributed by atoms with E-state index in [0.29, 0.717) is 11.3 Å². The Morgan fingerprint density at radius 2 is 1.60 bits per heavy atom. The van der Waals surface area contributed by atoms with E-state index in [1.165, 1.54) is 11.3 Å². The van der Waals surface area contributed by atoms with E-state index in [0.717, 1.165) is 53.6 Å². The fourth-order valence-electron chi connectivity index (χ4n) is 5.69. The first-order valence-electron chi connectivity index (χ1n) is 14.0. The molecule has 1 fully saturated rings. The van der Waals surface area contributed by atoms with Gasteiger partial charge >= 0.3 is 6.09 Å². The molecule has 1 unspecified atom stereocenters. The van der Waals surface area contributed by atoms with Gasteiger partial charge in [0.15, 0.2) is 5.78 Å². The van der Waals surface area contributed by atoms with Crippen LogP contribution < -0.4 is 10.2 Å². The molecule has 5 rings (SSSR count). The Balaban J connectivity index is 1.50. The molecule has 3 aromatic carbocycles. The number of hydrogen-bond donors (Lipinski definition) is 1. The molecule has 3 aromatic rings. The minimum Gasteiger partial charge on any atom is -0.445 e. The number of nitrogens with zero attached hydrogens (tertiary/aromatic N) is 2. The van der Waals surface area contributed by atoms with Gasteiger partial charge in [-0.05, 0) is 43.4 Å². The van der Waals surface area contributed by atoms with Gasteiger partial charge in [0.2, 0.25) is 6.17 Å². The standard InChI is InChI=1S/C33H35N3O4/c1-22-12-9-10-18-26(22)28(37)20-36-30-23(2)13-11-19-27(30)29(25-16-7-4-8-17-25)34-31(32(36)38)35-33(39)40-21-24-14-5-3-6-15-24/h3,5-6,9-15,18-19,25,31H,4,7-8,16-17,20-21H2,1-2H3,(H,35,39). The number of anilines is 1. The van der Waals surface area contributed by atoms with E-state index in [9.17, 15) is 14.4 Å². The minimum absolute atomic E-state index is 0.0710. The number of Topliss-reactive ketones (excluding diaryl/α,β-unsaturated/α-hetero) is 1. The second-order valence-electron chi connectivity index (χ2n) is 10.6. The summed E-state index contributed by atoms with van der Waals surface area (Å²) in [5.74, 6) is -0.467. The lowest BCUT2D eigenvalue weighted by Gasteiger charge is -2.27. The highest BCUT2D eigenvalue weighted by molar-refractivity contribution is 6.16. The molecule has 1 aliphatic heterocycles. The number of nitrogens with one attached hydrogen (secondary N) is 1. The zero-order valence-electron chi connectivity index (χ0n) is 23.1. The van der Waals surface area contributed by atoms with Crippen LogP contribution in [0.3, 0.4) is 0 Å². The van der Waals surface area contributed by atoms with Crippen LogP contribution in [0.15, 0.2) is 77.8 Å². The molecule has 7 heteroatoms. The second kappa shape index (κ2) is 12.3. The van der Waals surface area contributed by atoms with Crippen LogP contribution in [0.4, 0.5) is 10.5 Å². The predicted octanol–water partition coefficient (Wildman–Crippen LogP) is 6.15. The predicted molar refractivity (Wildman–Crippen MR) is 156 cm³/mol. The van der Waals surface area contributed by atoms with Gasteiger partial charge in [-0.2, -0.15) is 0 Å². The van der Waals surface area contributed by atoms with Gasteiger partial charge in [0, 0.05) is 17.0 Å². The van der Waals surface area contributed by atoms with Crippen molar-refractivity contribution >= 4 is 29.2 Å². The van der Waals surface area contributed by atoms with Crippen molar-refractivity contribution < 1.29 is 19.1 Å². The Kier molecular flexibility index (Phi) is 8.39. The number of carbonyl (C=O) groups excluding carboxylic acids is 3. The van der Waals surface area contributed by atoms with Gasteiger partial charge in [-0.3, -0.25) is 19.9 Å². The third-order valence-corrected chi connectivity index (χ3v) is 7.76. The van der Waals surface area contributed by atoms with Crippen molar-refractivity contribution in [3.8, 4) is 0 Å². The molecule has 0 bridgehead atoms. The Morgan fingerprint density at radius 3 is 2.35 bits per heavy atom. The van der Waals surface area contributed by atoms with Crippen molar-refractivity contribution in [2.45, 2.75) is 58.7 Å². The highest BCUT2D eigenvalue weighted by atomic mass is 16.5. The van der Waals surface area contributed by atoms with Crippen LogP contribution in [0.25, 0.3) is 0 Å². The van der Waals surface area contributed by atoms with Crippen LogP contribution >= 0.6 is 0 Å². The lowest BCUT2D eigenvalue weighted by molar-refractivity contribution is -0.120. The molecule has 1 aliphatic carbocycles. The van der Waals surface area contributed by atoms with E-state index >= 15 is 0 Å². The van der Waals surface area contributed by atoms with Crippen LogP contribution in [0, 0.1) is 19.8 Å². The summed E-state index contributed by atoms with van der Waals surface area (Å²) in [5.41, 5.74) is 5.46. The summed E-state index contributed by atoms with van der Waals surface area (Å²) in [4.78, 5) is 47.0. The highest BCUT2D eigenvalue weighted by Gasteiger charge is 2.37. The number of ether oxygens (including phenoxy) is 1. The van der Waals surface area contributed by atoms with Crippen LogP contribution in [-0.4, -0.2) is 36.2 Å². The Labute approximate surface area is 235 Å². The number of rotatable bonds is 7. The first-order valence-corrected chi connectivity index (χ1v) is 14.0. The van der Waals surface area contributed by atoms with Crippen LogP contribution in [-0.2, 0) is 16.1 Å². The summed E-state index contributed by atoms with van der Waals surface area (Å²) < 4.78 is 5.45. The molecule has 0 spiro atoms. The van der Waals surface area contributed by atoms with Crippen molar-refractivity contribution in [3.05, 3.63) is 101 Å². The number of fused-ring (bicyclic) bond motifs is 1. The van der Waals surface area contributed by atoms with Gasteiger partial charge in [-0.15, -0.1) is 0 Å². The molecule has 206 valence electrons. The van der Waals surface area contributed by atoms with Gasteiger partial charge in [0.05, 0.1) is 17.9 Å². The quantitative estimate of drug-likeness (QED) is 0.366. The maximum absolute atomic E-state index is 14.1. The normalized spacial score (nSPS) is 17.4. The third kappa shape index (κ3) is 5.98. The van der Waals surface area contributed by atoms with Crippen molar-refractivity contribution in [3.63, 3.8) is 0 Å². The lowest BCUT2D eigenvalue weighted by Crippen LogP contribution is -2.49. The van der Waals surface area contributed by atoms with Crippen LogP contribution in [0.1, 0.15) is 64.7 Å². The fourth-order valence-corrected chi connectivity index (χ4v) is 5.69. The van der Waals surface area contributed by atoms with E-state index in [1.54, 1.807) is 6.07 Å². The first kappa shape index (κ1) is 27.3. The molecule has 1 heterocycles. The van der Waals surface area contributed by atoms with Crippen molar-refractivity contribution in [1.29, 1.82) is 0 Å². The summed E-state index contributed by atoms with van der Waals surface area (Å²) in [5, 5.41) is 2.71. The number of hydrogen-bond acceptors (Lipinski definition) is 5. The van der Waals surface area contributed by atoms with Gasteiger partial charge < -0.3 is 9.64 Å². The largest absolute Gasteiger partial charge is 0.445 e. The number of benzodiazepines with no additional fused rings is 1. The maximum atomic E-state index is 14.1. The SMILES string of the molecule is Cc1ccccc1C(=O)CN1C(=O)C(NC(=O)OCc2ccccc2)N=C(C2CCCCC2)c2cccc(C)c21. The van der Waals surface area contributed by atoms with Gasteiger partial charge in [-0.1, -0.05) is 92.1 Å². The molecule has 0 aromatic heterocycles. The molecule has 7 nitrogen and oxygen atoms in total. The van der Waals surface area contributed by atoms with Crippen molar-refractivity contribution in [1.82, 2.24) is 5.32 Å². The molecule has 2 aliphatic rings. The smallest absolute Gasteiger partial charge is 0.409 e. The minimum atomic E-state index is -1.21. The molecule has 0 radical (unpaired) electrons. The topological polar surface area (TPSA) is 88.1 Å². The average Bonchev–Trinajstić information content (AvgIpc) is 3.08. The van der Waals surface area contributed by atoms with Crippen molar-refractivity contribution in [2.24, 2.45) is 10.9 Å². The number of aryl methyl sites for hydroxylation is 2. The maximum Gasteiger partial charge on any atom is 0.409 e.